The number of ether oxygens (including phenoxy) is 1. The van der Waals surface area contributed by atoms with E-state index in [0.717, 1.165) is 10.9 Å². The van der Waals surface area contributed by atoms with E-state index in [9.17, 15) is 13.7 Å². The van der Waals surface area contributed by atoms with Gasteiger partial charge in [0.15, 0.2) is 11.6 Å². The molecular formula is C18H17N5O3S. The minimum Gasteiger partial charge on any atom is -0.494 e. The van der Waals surface area contributed by atoms with Crippen LogP contribution in [0.3, 0.4) is 0 Å². The van der Waals surface area contributed by atoms with Gasteiger partial charge >= 0.3 is 0 Å². The molecular weight excluding hydrogens is 366 g/mol. The van der Waals surface area contributed by atoms with Crippen molar-refractivity contribution >= 4 is 26.7 Å². The van der Waals surface area contributed by atoms with Gasteiger partial charge in [-0.25, -0.2) is 13.4 Å². The molecule has 0 aliphatic heterocycles. The van der Waals surface area contributed by atoms with Crippen molar-refractivity contribution in [3.63, 3.8) is 0 Å². The number of fused-ring (bicyclic) bond motifs is 1. The maximum Gasteiger partial charge on any atom is 0.236 e. The quantitative estimate of drug-likeness (QED) is 0.725. The number of aryl methyl sites for hydroxylation is 1. The summed E-state index contributed by atoms with van der Waals surface area (Å²) in [7, 11) is -1.99. The molecule has 1 N–H and O–H groups in total. The van der Waals surface area contributed by atoms with Gasteiger partial charge < -0.3 is 4.74 Å². The lowest BCUT2D eigenvalue weighted by molar-refractivity contribution is 0.419. The molecule has 8 nitrogen and oxygen atoms in total. The number of anilines is 1. The Labute approximate surface area is 156 Å². The largest absolute Gasteiger partial charge is 0.494 e. The van der Waals surface area contributed by atoms with Gasteiger partial charge in [-0.05, 0) is 37.5 Å². The highest BCUT2D eigenvalue weighted by molar-refractivity contribution is 7.93. The fraction of sp³-hybridized carbons (Fsp3) is 0.278. The molecule has 138 valence electrons. The number of nitrogens with zero attached hydrogens (tertiary/aromatic N) is 4. The van der Waals surface area contributed by atoms with Crippen LogP contribution < -0.4 is 9.46 Å². The van der Waals surface area contributed by atoms with E-state index in [0.29, 0.717) is 29.9 Å². The Morgan fingerprint density at radius 3 is 2.81 bits per heavy atom. The Kier molecular flexibility index (Phi) is 4.00. The fourth-order valence-corrected chi connectivity index (χ4v) is 4.34. The third-order valence-corrected chi connectivity index (χ3v) is 6.35. The molecule has 3 aromatic rings. The van der Waals surface area contributed by atoms with Gasteiger partial charge in [-0.2, -0.15) is 15.0 Å². The molecule has 0 unspecified atom stereocenters. The van der Waals surface area contributed by atoms with Crippen LogP contribution in [0.15, 0.2) is 30.5 Å². The first-order chi connectivity index (χ1) is 12.9. The summed E-state index contributed by atoms with van der Waals surface area (Å²) in [6, 6.07) is 9.40. The molecule has 0 radical (unpaired) electrons. The summed E-state index contributed by atoms with van der Waals surface area (Å²) in [5.41, 5.74) is 1.71. The third-order valence-electron chi connectivity index (χ3n) is 4.52. The number of aromatic nitrogens is 3. The molecule has 1 saturated carbocycles. The minimum atomic E-state index is -3.55. The lowest BCUT2D eigenvalue weighted by atomic mass is 10.1. The number of methoxy groups -OCH3 is 1. The summed E-state index contributed by atoms with van der Waals surface area (Å²) in [5, 5.41) is 14.1. The van der Waals surface area contributed by atoms with Gasteiger partial charge in [0.1, 0.15) is 22.9 Å². The molecule has 0 saturated heterocycles. The standard InChI is InChI=1S/C18H17N5O3S/c1-11-8-16(21-17-14(11)4-3-5-15(17)26-2)23-18(12(9-19)10-20-23)22-27(24,25)13-6-7-13/h3-5,8,10,13,22H,6-7H2,1-2H3. The average molecular weight is 383 g/mol. The highest BCUT2D eigenvalue weighted by atomic mass is 32.2. The highest BCUT2D eigenvalue weighted by Gasteiger charge is 2.37. The van der Waals surface area contributed by atoms with Crippen LogP contribution in [0, 0.1) is 18.3 Å². The predicted octanol–water partition coefficient (Wildman–Crippen LogP) is 2.51. The fourth-order valence-electron chi connectivity index (χ4n) is 2.95. The summed E-state index contributed by atoms with van der Waals surface area (Å²) in [4.78, 5) is 4.61. The molecule has 2 heterocycles. The Balaban J connectivity index is 1.89. The SMILES string of the molecule is COc1cccc2c(C)cc(-n3ncc(C#N)c3NS(=O)(=O)C3CC3)nc12. The number of sulfonamides is 1. The van der Waals surface area contributed by atoms with Crippen molar-refractivity contribution in [2.45, 2.75) is 25.0 Å². The monoisotopic (exact) mass is 383 g/mol. The van der Waals surface area contributed by atoms with Crippen molar-refractivity contribution in [3.8, 4) is 17.6 Å². The molecule has 0 spiro atoms. The van der Waals surface area contributed by atoms with Gasteiger partial charge in [0.2, 0.25) is 10.0 Å². The van der Waals surface area contributed by atoms with Gasteiger partial charge in [-0.3, -0.25) is 4.72 Å². The van der Waals surface area contributed by atoms with E-state index in [-0.39, 0.29) is 11.4 Å². The third kappa shape index (κ3) is 2.98. The van der Waals surface area contributed by atoms with Crippen LogP contribution in [-0.2, 0) is 10.0 Å². The summed E-state index contributed by atoms with van der Waals surface area (Å²) in [6.45, 7) is 1.93. The Bertz CT molecular complexity index is 1190. The molecule has 27 heavy (non-hydrogen) atoms. The smallest absolute Gasteiger partial charge is 0.236 e. The summed E-state index contributed by atoms with van der Waals surface area (Å²) < 4.78 is 34.0. The van der Waals surface area contributed by atoms with Crippen molar-refractivity contribution in [2.24, 2.45) is 0 Å². The van der Waals surface area contributed by atoms with E-state index in [1.165, 1.54) is 10.9 Å². The Hall–Kier alpha value is -3.12. The van der Waals surface area contributed by atoms with Crippen LogP contribution >= 0.6 is 0 Å². The van der Waals surface area contributed by atoms with Crippen molar-refractivity contribution in [2.75, 3.05) is 11.8 Å². The van der Waals surface area contributed by atoms with E-state index in [1.54, 1.807) is 19.2 Å². The highest BCUT2D eigenvalue weighted by Crippen LogP contribution is 2.32. The summed E-state index contributed by atoms with van der Waals surface area (Å²) in [5.74, 6) is 1.11. The molecule has 1 aliphatic rings. The number of para-hydroxylation sites is 1. The van der Waals surface area contributed by atoms with Gasteiger partial charge in [0.05, 0.1) is 18.6 Å². The number of nitriles is 1. The molecule has 1 aliphatic carbocycles. The number of rotatable bonds is 5. The van der Waals surface area contributed by atoms with E-state index < -0.39 is 15.3 Å². The number of hydrogen-bond acceptors (Lipinski definition) is 6. The van der Waals surface area contributed by atoms with Crippen LogP contribution in [0.2, 0.25) is 0 Å². The normalized spacial score (nSPS) is 14.1. The average Bonchev–Trinajstić information content (AvgIpc) is 3.44. The zero-order chi connectivity index (χ0) is 19.2. The summed E-state index contributed by atoms with van der Waals surface area (Å²) >= 11 is 0. The number of benzene rings is 1. The molecule has 0 amide bonds. The lowest BCUT2D eigenvalue weighted by Crippen LogP contribution is -2.20. The molecule has 4 rings (SSSR count). The molecule has 9 heteroatoms. The first kappa shape index (κ1) is 17.3. The van der Waals surface area contributed by atoms with Crippen LogP contribution in [0.4, 0.5) is 5.82 Å². The topological polar surface area (TPSA) is 110 Å². The lowest BCUT2D eigenvalue weighted by Gasteiger charge is -2.13. The van der Waals surface area contributed by atoms with Crippen molar-refractivity contribution in [1.82, 2.24) is 14.8 Å². The molecule has 1 aromatic carbocycles. The van der Waals surface area contributed by atoms with Gasteiger partial charge in [-0.15, -0.1) is 0 Å². The summed E-state index contributed by atoms with van der Waals surface area (Å²) in [6.07, 6.45) is 2.57. The number of pyridine rings is 1. The van der Waals surface area contributed by atoms with E-state index in [2.05, 4.69) is 14.8 Å². The molecule has 1 fully saturated rings. The second kappa shape index (κ2) is 6.25. The predicted molar refractivity (Wildman–Crippen MR) is 100 cm³/mol. The van der Waals surface area contributed by atoms with Crippen molar-refractivity contribution < 1.29 is 13.2 Å². The van der Waals surface area contributed by atoms with Crippen LogP contribution in [0.5, 0.6) is 5.75 Å². The van der Waals surface area contributed by atoms with Gasteiger partial charge in [0, 0.05) is 5.39 Å². The van der Waals surface area contributed by atoms with E-state index >= 15 is 0 Å². The van der Waals surface area contributed by atoms with Crippen molar-refractivity contribution in [3.05, 3.63) is 41.6 Å². The van der Waals surface area contributed by atoms with E-state index in [1.807, 2.05) is 25.1 Å². The molecule has 0 bridgehead atoms. The maximum absolute atomic E-state index is 12.4. The van der Waals surface area contributed by atoms with Gasteiger partial charge in [-0.1, -0.05) is 12.1 Å². The second-order valence-electron chi connectivity index (χ2n) is 6.43. The number of nitrogens with one attached hydrogen (secondary N) is 1. The van der Waals surface area contributed by atoms with Crippen LogP contribution in [-0.4, -0.2) is 35.5 Å². The maximum atomic E-state index is 12.4. The number of hydrogen-bond donors (Lipinski definition) is 1. The minimum absolute atomic E-state index is 0.102. The van der Waals surface area contributed by atoms with Gasteiger partial charge in [0.25, 0.3) is 0 Å². The molecule has 0 atom stereocenters. The Morgan fingerprint density at radius 2 is 2.15 bits per heavy atom. The van der Waals surface area contributed by atoms with Crippen molar-refractivity contribution in [1.29, 1.82) is 5.26 Å². The zero-order valence-electron chi connectivity index (χ0n) is 14.8. The molecule has 2 aromatic heterocycles. The van der Waals surface area contributed by atoms with Crippen LogP contribution in [0.1, 0.15) is 24.0 Å². The van der Waals surface area contributed by atoms with Crippen LogP contribution in [0.25, 0.3) is 16.7 Å². The zero-order valence-corrected chi connectivity index (χ0v) is 15.6. The second-order valence-corrected chi connectivity index (χ2v) is 8.39. The van der Waals surface area contributed by atoms with E-state index in [4.69, 9.17) is 4.74 Å². The Morgan fingerprint density at radius 1 is 1.37 bits per heavy atom. The first-order valence-electron chi connectivity index (χ1n) is 8.39. The first-order valence-corrected chi connectivity index (χ1v) is 9.93.